The average Bonchev–Trinajstić information content (AvgIpc) is 3.41. The Morgan fingerprint density at radius 3 is 2.61 bits per heavy atom. The molecule has 3 aromatic rings. The number of nitrogens with one attached hydrogen (secondary N) is 1. The molecular weight excluding hydrogens is 511 g/mol. The van der Waals surface area contributed by atoms with Crippen molar-refractivity contribution in [2.24, 2.45) is 0 Å². The van der Waals surface area contributed by atoms with E-state index in [4.69, 9.17) is 20.8 Å². The van der Waals surface area contributed by atoms with Gasteiger partial charge in [0, 0.05) is 17.3 Å². The molecular formula is C25H18ClFN2O6S. The fourth-order valence-corrected chi connectivity index (χ4v) is 4.29. The van der Waals surface area contributed by atoms with Crippen LogP contribution in [0.1, 0.15) is 23.0 Å². The lowest BCUT2D eigenvalue weighted by atomic mass is 10.1. The standard InChI is InChI=1S/C25H18ClFN2O6S/c1-2-34-24(32)18-11-14(3-9-19(18)26)20-10-8-17(35-20)12-21-23(31)29(25(33)36-21)13-22(30)28-16-6-4-15(27)5-7-16/h3-12H,2,13H2,1H3,(H,28,30)/b21-12+. The van der Waals surface area contributed by atoms with Crippen molar-refractivity contribution in [1.82, 2.24) is 4.90 Å². The molecule has 0 spiro atoms. The predicted octanol–water partition coefficient (Wildman–Crippen LogP) is 5.59. The highest BCUT2D eigenvalue weighted by Gasteiger charge is 2.36. The van der Waals surface area contributed by atoms with Gasteiger partial charge in [0.1, 0.15) is 23.9 Å². The summed E-state index contributed by atoms with van der Waals surface area (Å²) in [4.78, 5) is 50.3. The molecule has 2 heterocycles. The van der Waals surface area contributed by atoms with E-state index in [-0.39, 0.29) is 22.1 Å². The van der Waals surface area contributed by atoms with Crippen LogP contribution >= 0.6 is 23.4 Å². The summed E-state index contributed by atoms with van der Waals surface area (Å²) in [6, 6.07) is 13.1. The minimum absolute atomic E-state index is 0.0822. The third-order valence-corrected chi connectivity index (χ3v) is 6.19. The molecule has 0 atom stereocenters. The van der Waals surface area contributed by atoms with Crippen molar-refractivity contribution >= 4 is 58.1 Å². The van der Waals surface area contributed by atoms with Crippen molar-refractivity contribution in [1.29, 1.82) is 0 Å². The van der Waals surface area contributed by atoms with Crippen molar-refractivity contribution in [2.45, 2.75) is 6.92 Å². The molecule has 0 bridgehead atoms. The van der Waals surface area contributed by atoms with Crippen molar-refractivity contribution < 1.29 is 32.7 Å². The van der Waals surface area contributed by atoms with Gasteiger partial charge < -0.3 is 14.5 Å². The number of hydrogen-bond donors (Lipinski definition) is 1. The maximum atomic E-state index is 13.0. The summed E-state index contributed by atoms with van der Waals surface area (Å²) in [5, 5.41) is 2.14. The van der Waals surface area contributed by atoms with Crippen LogP contribution in [0.15, 0.2) is 63.9 Å². The number of esters is 1. The second-order valence-corrected chi connectivity index (χ2v) is 8.84. The number of imide groups is 1. The molecule has 36 heavy (non-hydrogen) atoms. The second kappa shape index (κ2) is 10.8. The van der Waals surface area contributed by atoms with Crippen molar-refractivity contribution in [3.8, 4) is 11.3 Å². The number of ether oxygens (including phenoxy) is 1. The Kier molecular flexibility index (Phi) is 7.56. The highest BCUT2D eigenvalue weighted by molar-refractivity contribution is 8.18. The SMILES string of the molecule is CCOC(=O)c1cc(-c2ccc(/C=C3/SC(=O)N(CC(=O)Nc4ccc(F)cc4)C3=O)o2)ccc1Cl. The summed E-state index contributed by atoms with van der Waals surface area (Å²) >= 11 is 6.78. The fourth-order valence-electron chi connectivity index (χ4n) is 3.27. The zero-order valence-corrected chi connectivity index (χ0v) is 20.3. The number of rotatable bonds is 7. The van der Waals surface area contributed by atoms with Gasteiger partial charge in [0.15, 0.2) is 0 Å². The van der Waals surface area contributed by atoms with Crippen LogP contribution in [0.5, 0.6) is 0 Å². The molecule has 1 fully saturated rings. The Labute approximate surface area is 214 Å². The predicted molar refractivity (Wildman–Crippen MR) is 133 cm³/mol. The summed E-state index contributed by atoms with van der Waals surface area (Å²) in [5.74, 6) is -1.58. The van der Waals surface area contributed by atoms with E-state index in [1.807, 2.05) is 0 Å². The Morgan fingerprint density at radius 2 is 1.89 bits per heavy atom. The van der Waals surface area contributed by atoms with Gasteiger partial charge in [0.2, 0.25) is 5.91 Å². The molecule has 2 aromatic carbocycles. The number of carbonyl (C=O) groups excluding carboxylic acids is 4. The molecule has 1 N–H and O–H groups in total. The zero-order chi connectivity index (χ0) is 25.8. The van der Waals surface area contributed by atoms with Gasteiger partial charge in [-0.1, -0.05) is 11.6 Å². The van der Waals surface area contributed by atoms with E-state index >= 15 is 0 Å². The largest absolute Gasteiger partial charge is 0.462 e. The van der Waals surface area contributed by atoms with E-state index in [2.05, 4.69) is 5.32 Å². The molecule has 3 amide bonds. The lowest BCUT2D eigenvalue weighted by molar-refractivity contribution is -0.127. The lowest BCUT2D eigenvalue weighted by Gasteiger charge is -2.12. The summed E-state index contributed by atoms with van der Waals surface area (Å²) in [6.45, 7) is 1.39. The van der Waals surface area contributed by atoms with Gasteiger partial charge in [0.05, 0.1) is 22.1 Å². The first-order valence-corrected chi connectivity index (χ1v) is 11.8. The molecule has 0 aliphatic carbocycles. The molecule has 1 aromatic heterocycles. The lowest BCUT2D eigenvalue weighted by Crippen LogP contribution is -2.36. The Balaban J connectivity index is 1.46. The monoisotopic (exact) mass is 528 g/mol. The van der Waals surface area contributed by atoms with Gasteiger partial charge in [-0.25, -0.2) is 9.18 Å². The highest BCUT2D eigenvalue weighted by atomic mass is 35.5. The van der Waals surface area contributed by atoms with Crippen LogP contribution in [0, 0.1) is 5.82 Å². The van der Waals surface area contributed by atoms with Gasteiger partial charge >= 0.3 is 5.97 Å². The second-order valence-electron chi connectivity index (χ2n) is 7.44. The highest BCUT2D eigenvalue weighted by Crippen LogP contribution is 2.34. The van der Waals surface area contributed by atoms with Crippen LogP contribution in [-0.2, 0) is 14.3 Å². The number of anilines is 1. The van der Waals surface area contributed by atoms with E-state index in [1.165, 1.54) is 36.4 Å². The molecule has 0 saturated carbocycles. The third kappa shape index (κ3) is 5.67. The maximum Gasteiger partial charge on any atom is 0.339 e. The van der Waals surface area contributed by atoms with Crippen LogP contribution in [0.25, 0.3) is 17.4 Å². The van der Waals surface area contributed by atoms with Crippen LogP contribution < -0.4 is 5.32 Å². The van der Waals surface area contributed by atoms with E-state index in [1.54, 1.807) is 31.2 Å². The molecule has 0 unspecified atom stereocenters. The molecule has 11 heteroatoms. The van der Waals surface area contributed by atoms with E-state index in [9.17, 15) is 23.6 Å². The quantitative estimate of drug-likeness (QED) is 0.314. The summed E-state index contributed by atoms with van der Waals surface area (Å²) < 4.78 is 23.8. The van der Waals surface area contributed by atoms with Crippen LogP contribution in [-0.4, -0.2) is 41.1 Å². The Morgan fingerprint density at radius 1 is 1.14 bits per heavy atom. The number of benzene rings is 2. The molecule has 1 aliphatic rings. The number of nitrogens with zero attached hydrogens (tertiary/aromatic N) is 1. The van der Waals surface area contributed by atoms with Crippen molar-refractivity contribution in [3.63, 3.8) is 0 Å². The summed E-state index contributed by atoms with van der Waals surface area (Å²) in [5.41, 5.74) is 1.09. The molecule has 8 nitrogen and oxygen atoms in total. The molecule has 1 saturated heterocycles. The van der Waals surface area contributed by atoms with Gasteiger partial charge in [0.25, 0.3) is 11.1 Å². The number of hydrogen-bond acceptors (Lipinski definition) is 7. The average molecular weight is 529 g/mol. The van der Waals surface area contributed by atoms with Gasteiger partial charge in [-0.2, -0.15) is 0 Å². The summed E-state index contributed by atoms with van der Waals surface area (Å²) in [6.07, 6.45) is 1.40. The van der Waals surface area contributed by atoms with Crippen LogP contribution in [0.3, 0.4) is 0 Å². The van der Waals surface area contributed by atoms with Crippen molar-refractivity contribution in [2.75, 3.05) is 18.5 Å². The minimum Gasteiger partial charge on any atom is -0.462 e. The number of halogens is 2. The first kappa shape index (κ1) is 25.2. The Bertz CT molecular complexity index is 1390. The third-order valence-electron chi connectivity index (χ3n) is 4.95. The van der Waals surface area contributed by atoms with Gasteiger partial charge in [-0.05, 0) is 73.3 Å². The van der Waals surface area contributed by atoms with Crippen LogP contribution in [0.2, 0.25) is 5.02 Å². The van der Waals surface area contributed by atoms with E-state index < -0.39 is 35.4 Å². The number of furan rings is 1. The molecule has 4 rings (SSSR count). The molecule has 184 valence electrons. The Hall–Kier alpha value is -3.89. The van der Waals surface area contributed by atoms with E-state index in [0.29, 0.717) is 34.5 Å². The van der Waals surface area contributed by atoms with Gasteiger partial charge in [-0.3, -0.25) is 19.3 Å². The summed E-state index contributed by atoms with van der Waals surface area (Å²) in [7, 11) is 0. The van der Waals surface area contributed by atoms with Crippen molar-refractivity contribution in [3.05, 3.63) is 81.7 Å². The number of thioether (sulfide) groups is 1. The first-order valence-electron chi connectivity index (χ1n) is 10.6. The smallest absolute Gasteiger partial charge is 0.339 e. The minimum atomic E-state index is -0.645. The first-order chi connectivity index (χ1) is 17.2. The zero-order valence-electron chi connectivity index (χ0n) is 18.7. The fraction of sp³-hybridized carbons (Fsp3) is 0.120. The van der Waals surface area contributed by atoms with Crippen LogP contribution in [0.4, 0.5) is 14.9 Å². The molecule has 0 radical (unpaired) electrons. The van der Waals surface area contributed by atoms with Gasteiger partial charge in [-0.15, -0.1) is 0 Å². The maximum absolute atomic E-state index is 13.0. The molecule has 1 aliphatic heterocycles. The topological polar surface area (TPSA) is 106 Å². The number of carbonyl (C=O) groups is 4. The normalized spacial score (nSPS) is 14.4. The number of amides is 3. The van der Waals surface area contributed by atoms with E-state index in [0.717, 1.165) is 4.90 Å².